The van der Waals surface area contributed by atoms with Gasteiger partial charge in [0.05, 0.1) is 28.2 Å². The van der Waals surface area contributed by atoms with Gasteiger partial charge in [0.1, 0.15) is 0 Å². The first-order valence-corrected chi connectivity index (χ1v) is 7.41. The van der Waals surface area contributed by atoms with Crippen molar-refractivity contribution < 1.29 is 23.3 Å². The molecule has 0 rings (SSSR count). The number of hydrogen-bond acceptors (Lipinski definition) is 4. The Kier molecular flexibility index (Phi) is 10.4. The fraction of sp³-hybridized carbons (Fsp3) is 1.00. The third-order valence-corrected chi connectivity index (χ3v) is 1.89. The van der Waals surface area contributed by atoms with Gasteiger partial charge in [0.25, 0.3) is 0 Å². The minimum Gasteiger partial charge on any atom is -0.368 e. The molecule has 0 bridgehead atoms. The Balaban J connectivity index is 0. The van der Waals surface area contributed by atoms with Gasteiger partial charge in [-0.25, -0.2) is 0 Å². The molecule has 3 N–H and O–H groups in total. The molecule has 0 spiro atoms. The number of hydrogen-bond donors (Lipinski definition) is 3. The normalized spacial score (nSPS) is 12.0. The van der Waals surface area contributed by atoms with E-state index in [0.29, 0.717) is 0 Å². The number of quaternary nitrogens is 1. The van der Waals surface area contributed by atoms with Crippen molar-refractivity contribution in [1.82, 2.24) is 0 Å². The molecule has 0 aromatic carbocycles. The first-order chi connectivity index (χ1) is 7.06. The molecule has 0 aromatic rings. The highest BCUT2D eigenvalue weighted by Gasteiger charge is 2.29. The summed E-state index contributed by atoms with van der Waals surface area (Å²) in [5, 5.41) is 0. The van der Waals surface area contributed by atoms with E-state index in [4.69, 9.17) is 14.4 Å². The maximum Gasteiger partial charge on any atom is 0.671 e. The summed E-state index contributed by atoms with van der Waals surface area (Å²) in [5.74, 6) is 0. The Morgan fingerprint density at radius 2 is 1.38 bits per heavy atom. The fourth-order valence-electron chi connectivity index (χ4n) is 0.738. The van der Waals surface area contributed by atoms with Crippen LogP contribution in [0.4, 0.5) is 0 Å². The molecular formula is C10H28NO4Si+. The molecule has 0 aliphatic carbocycles. The zero-order chi connectivity index (χ0) is 13.2. The van der Waals surface area contributed by atoms with Crippen molar-refractivity contribution in [3.63, 3.8) is 0 Å². The summed E-state index contributed by atoms with van der Waals surface area (Å²) in [5.41, 5.74) is 0. The Hall–Kier alpha value is 0.0169. The molecule has 100 valence electrons. The largest absolute Gasteiger partial charge is 0.671 e. The van der Waals surface area contributed by atoms with Crippen molar-refractivity contribution in [2.75, 3.05) is 34.8 Å². The van der Waals surface area contributed by atoms with Crippen LogP contribution in [0.5, 0.6) is 0 Å². The molecule has 0 fully saturated rings. The highest BCUT2D eigenvalue weighted by Crippen LogP contribution is 2.00. The predicted octanol–water partition coefficient (Wildman–Crippen LogP) is 0.318. The summed E-state index contributed by atoms with van der Waals surface area (Å²) < 4.78 is 5.38. The molecule has 0 aliphatic heterocycles. The van der Waals surface area contributed by atoms with Gasteiger partial charge in [-0.15, -0.1) is 0 Å². The van der Waals surface area contributed by atoms with E-state index in [1.165, 1.54) is 0 Å². The van der Waals surface area contributed by atoms with E-state index >= 15 is 0 Å². The molecule has 0 atom stereocenters. The summed E-state index contributed by atoms with van der Waals surface area (Å²) in [6, 6.07) is 0. The summed E-state index contributed by atoms with van der Waals surface area (Å²) >= 11 is 0. The van der Waals surface area contributed by atoms with E-state index < -0.39 is 9.05 Å². The first kappa shape index (κ1) is 18.4. The molecule has 0 saturated carbocycles. The van der Waals surface area contributed by atoms with E-state index in [9.17, 15) is 0 Å². The summed E-state index contributed by atoms with van der Waals surface area (Å²) in [6.07, 6.45) is 4.01. The van der Waals surface area contributed by atoms with Gasteiger partial charge in [-0.3, -0.25) is 0 Å². The van der Waals surface area contributed by atoms with Gasteiger partial charge in [-0.05, 0) is 6.42 Å². The smallest absolute Gasteiger partial charge is 0.368 e. The standard InChI is InChI=1S/C6H16O4Si.C4H12N/c1-2-3-4-5-6-10-11(7,8)9;1-5(2,3)4/h7-9H,2-6H2,1H3;1-4H3/q;+1. The van der Waals surface area contributed by atoms with Crippen LogP contribution in [-0.2, 0) is 4.43 Å². The highest BCUT2D eigenvalue weighted by atomic mass is 28.4. The van der Waals surface area contributed by atoms with Gasteiger partial charge in [-0.2, -0.15) is 0 Å². The maximum absolute atomic E-state index is 8.40. The third kappa shape index (κ3) is 37.0. The second kappa shape index (κ2) is 9.09. The van der Waals surface area contributed by atoms with Gasteiger partial charge in [-0.1, -0.05) is 26.2 Å². The topological polar surface area (TPSA) is 69.9 Å². The third-order valence-electron chi connectivity index (χ3n) is 1.29. The van der Waals surface area contributed by atoms with Crippen LogP contribution in [0.2, 0.25) is 0 Å². The Morgan fingerprint density at radius 3 is 1.69 bits per heavy atom. The first-order valence-electron chi connectivity index (χ1n) is 5.66. The fourth-order valence-corrected chi connectivity index (χ4v) is 1.16. The van der Waals surface area contributed by atoms with Gasteiger partial charge < -0.3 is 23.3 Å². The lowest BCUT2D eigenvalue weighted by molar-refractivity contribution is -0.849. The Labute approximate surface area is 100 Å². The molecule has 0 radical (unpaired) electrons. The van der Waals surface area contributed by atoms with Gasteiger partial charge in [0, 0.05) is 6.61 Å². The number of unbranched alkanes of at least 4 members (excludes halogenated alkanes) is 3. The molecule has 5 nitrogen and oxygen atoms in total. The quantitative estimate of drug-likeness (QED) is 0.363. The van der Waals surface area contributed by atoms with E-state index in [0.717, 1.165) is 30.2 Å². The van der Waals surface area contributed by atoms with Crippen LogP contribution in [0.1, 0.15) is 32.6 Å². The van der Waals surface area contributed by atoms with Crippen LogP contribution in [0.25, 0.3) is 0 Å². The monoisotopic (exact) mass is 254 g/mol. The lowest BCUT2D eigenvalue weighted by Crippen LogP contribution is -2.39. The van der Waals surface area contributed by atoms with Gasteiger partial charge >= 0.3 is 9.05 Å². The molecule has 0 aliphatic rings. The Morgan fingerprint density at radius 1 is 0.938 bits per heavy atom. The lowest BCUT2D eigenvalue weighted by Gasteiger charge is -2.14. The second-order valence-electron chi connectivity index (χ2n) is 5.17. The van der Waals surface area contributed by atoms with E-state index in [1.54, 1.807) is 0 Å². The number of nitrogens with zero attached hydrogens (tertiary/aromatic N) is 1. The van der Waals surface area contributed by atoms with Crippen LogP contribution in [0.15, 0.2) is 0 Å². The minimum absolute atomic E-state index is 0.232. The summed E-state index contributed by atoms with van der Waals surface area (Å²) in [7, 11) is 4.28. The van der Waals surface area contributed by atoms with Crippen molar-refractivity contribution in [3.8, 4) is 0 Å². The highest BCUT2D eigenvalue weighted by molar-refractivity contribution is 6.48. The molecule has 0 amide bonds. The van der Waals surface area contributed by atoms with E-state index in [1.807, 2.05) is 0 Å². The van der Waals surface area contributed by atoms with Crippen molar-refractivity contribution in [1.29, 1.82) is 0 Å². The maximum atomic E-state index is 8.40. The molecule has 0 aromatic heterocycles. The summed E-state index contributed by atoms with van der Waals surface area (Å²) in [4.78, 5) is 25.2. The zero-order valence-corrected chi connectivity index (χ0v) is 12.2. The van der Waals surface area contributed by atoms with E-state index in [2.05, 4.69) is 39.5 Å². The lowest BCUT2D eigenvalue weighted by atomic mass is 10.2. The molecule has 0 heterocycles. The van der Waals surface area contributed by atoms with E-state index in [-0.39, 0.29) is 6.61 Å². The Bertz CT molecular complexity index is 148. The predicted molar refractivity (Wildman–Crippen MR) is 66.5 cm³/mol. The molecule has 16 heavy (non-hydrogen) atoms. The average Bonchev–Trinajstić information content (AvgIpc) is 1.98. The number of rotatable bonds is 6. The van der Waals surface area contributed by atoms with Crippen molar-refractivity contribution >= 4 is 9.05 Å². The van der Waals surface area contributed by atoms with Crippen molar-refractivity contribution in [2.45, 2.75) is 32.6 Å². The van der Waals surface area contributed by atoms with Crippen LogP contribution >= 0.6 is 0 Å². The van der Waals surface area contributed by atoms with Crippen LogP contribution in [-0.4, -0.2) is 62.7 Å². The second-order valence-corrected chi connectivity index (χ2v) is 6.60. The molecule has 0 unspecified atom stereocenters. The zero-order valence-electron chi connectivity index (χ0n) is 11.2. The van der Waals surface area contributed by atoms with Crippen LogP contribution in [0.3, 0.4) is 0 Å². The average molecular weight is 254 g/mol. The molecular weight excluding hydrogens is 226 g/mol. The summed E-state index contributed by atoms with van der Waals surface area (Å²) in [6.45, 7) is 2.32. The molecule has 6 heteroatoms. The SMILES string of the molecule is CCCCCCO[Si](O)(O)O.C[N+](C)(C)C. The molecule has 0 saturated heterocycles. The van der Waals surface area contributed by atoms with Crippen molar-refractivity contribution in [3.05, 3.63) is 0 Å². The van der Waals surface area contributed by atoms with Crippen LogP contribution < -0.4 is 0 Å². The van der Waals surface area contributed by atoms with Gasteiger partial charge in [0.15, 0.2) is 0 Å². The van der Waals surface area contributed by atoms with Crippen molar-refractivity contribution in [2.24, 2.45) is 0 Å². The van der Waals surface area contributed by atoms with Gasteiger partial charge in [0.2, 0.25) is 0 Å². The minimum atomic E-state index is -4.22. The van der Waals surface area contributed by atoms with Crippen LogP contribution in [0, 0.1) is 0 Å².